The summed E-state index contributed by atoms with van der Waals surface area (Å²) in [5.74, 6) is -4.06. The van der Waals surface area contributed by atoms with Gasteiger partial charge in [0.05, 0.1) is 7.11 Å². The van der Waals surface area contributed by atoms with Crippen LogP contribution in [0.4, 0.5) is 13.2 Å². The number of nitrogens with zero attached hydrogens (tertiary/aromatic N) is 1. The fourth-order valence-corrected chi connectivity index (χ4v) is 3.47. The molecule has 0 aliphatic carbocycles. The molecule has 0 unspecified atom stereocenters. The van der Waals surface area contributed by atoms with Crippen LogP contribution in [0.2, 0.25) is 0 Å². The lowest BCUT2D eigenvalue weighted by Crippen LogP contribution is -2.44. The molecule has 2 atom stereocenters. The van der Waals surface area contributed by atoms with Crippen LogP contribution in [0.5, 0.6) is 5.75 Å². The number of hydrogen-bond acceptors (Lipinski definition) is 3. The molecule has 7 heteroatoms. The van der Waals surface area contributed by atoms with Crippen LogP contribution in [0, 0.1) is 23.4 Å². The quantitative estimate of drug-likeness (QED) is 0.812. The molecule has 2 aromatic carbocycles. The van der Waals surface area contributed by atoms with Crippen molar-refractivity contribution in [3.8, 4) is 5.75 Å². The summed E-state index contributed by atoms with van der Waals surface area (Å²) in [5, 5.41) is 9.73. The third-order valence-electron chi connectivity index (χ3n) is 4.98. The van der Waals surface area contributed by atoms with Gasteiger partial charge in [-0.3, -0.25) is 4.79 Å². The maximum atomic E-state index is 14.1. The van der Waals surface area contributed by atoms with Crippen molar-refractivity contribution < 1.29 is 27.8 Å². The van der Waals surface area contributed by atoms with Gasteiger partial charge in [0.25, 0.3) is 0 Å². The number of halogens is 3. The van der Waals surface area contributed by atoms with E-state index in [2.05, 4.69) is 0 Å². The molecule has 0 spiro atoms. The minimum absolute atomic E-state index is 0.0783. The van der Waals surface area contributed by atoms with Gasteiger partial charge in [0, 0.05) is 44.0 Å². The highest BCUT2D eigenvalue weighted by Gasteiger charge is 2.36. The number of aliphatic hydroxyl groups excluding tert-OH is 1. The maximum Gasteiger partial charge on any atom is 0.223 e. The zero-order chi connectivity index (χ0) is 19.6. The van der Waals surface area contributed by atoms with E-state index in [-0.39, 0.29) is 31.0 Å². The van der Waals surface area contributed by atoms with E-state index in [4.69, 9.17) is 4.74 Å². The van der Waals surface area contributed by atoms with Crippen molar-refractivity contribution >= 4 is 5.91 Å². The Bertz CT molecular complexity index is 826. The molecular formula is C20H20F3NO3. The molecule has 1 fully saturated rings. The first kappa shape index (κ1) is 19.2. The van der Waals surface area contributed by atoms with Gasteiger partial charge >= 0.3 is 0 Å². The van der Waals surface area contributed by atoms with E-state index in [1.54, 1.807) is 24.1 Å². The molecule has 2 aromatic rings. The number of methoxy groups -OCH3 is 1. The van der Waals surface area contributed by atoms with Crippen molar-refractivity contribution in [2.75, 3.05) is 20.3 Å². The fraction of sp³-hybridized carbons (Fsp3) is 0.350. The average Bonchev–Trinajstić information content (AvgIpc) is 2.66. The number of aliphatic hydroxyl groups is 1. The largest absolute Gasteiger partial charge is 0.497 e. The molecule has 1 N–H and O–H groups in total. The second kappa shape index (κ2) is 8.00. The molecule has 0 aromatic heterocycles. The molecular weight excluding hydrogens is 359 g/mol. The molecule has 0 saturated carbocycles. The van der Waals surface area contributed by atoms with E-state index in [1.807, 2.05) is 12.1 Å². The highest BCUT2D eigenvalue weighted by molar-refractivity contribution is 5.78. The van der Waals surface area contributed by atoms with Crippen LogP contribution in [0.3, 0.4) is 0 Å². The van der Waals surface area contributed by atoms with Crippen molar-refractivity contribution in [2.45, 2.75) is 18.9 Å². The van der Waals surface area contributed by atoms with E-state index in [1.165, 1.54) is 0 Å². The maximum absolute atomic E-state index is 14.1. The highest BCUT2D eigenvalue weighted by Crippen LogP contribution is 2.36. The summed E-state index contributed by atoms with van der Waals surface area (Å²) in [7, 11) is 1.56. The zero-order valence-corrected chi connectivity index (χ0v) is 14.8. The Kier molecular flexibility index (Phi) is 5.70. The first-order chi connectivity index (χ1) is 12.9. The number of ether oxygens (including phenoxy) is 1. The highest BCUT2D eigenvalue weighted by atomic mass is 19.2. The second-order valence-corrected chi connectivity index (χ2v) is 6.66. The monoisotopic (exact) mass is 379 g/mol. The zero-order valence-electron chi connectivity index (χ0n) is 14.8. The third-order valence-corrected chi connectivity index (χ3v) is 4.98. The van der Waals surface area contributed by atoms with Gasteiger partial charge in [0.2, 0.25) is 5.91 Å². The van der Waals surface area contributed by atoms with Gasteiger partial charge in [-0.2, -0.15) is 0 Å². The van der Waals surface area contributed by atoms with Gasteiger partial charge in [0.15, 0.2) is 11.6 Å². The van der Waals surface area contributed by atoms with Gasteiger partial charge in [0.1, 0.15) is 11.6 Å². The molecule has 4 nitrogen and oxygen atoms in total. The molecule has 0 bridgehead atoms. The second-order valence-electron chi connectivity index (χ2n) is 6.66. The minimum Gasteiger partial charge on any atom is -0.497 e. The summed E-state index contributed by atoms with van der Waals surface area (Å²) in [6.45, 7) is 0.242. The lowest BCUT2D eigenvalue weighted by atomic mass is 9.80. The number of benzene rings is 2. The standard InChI is InChI=1S/C20H20F3NO3/c1-27-14-4-2-12(3-5-14)9-24-10-13(11-25)15(7-20(24)26)16-6-18(22)19(23)8-17(16)21/h2-6,8,13,15,25H,7,9-11H2,1H3/t13-,15+/m1/s1. The first-order valence-electron chi connectivity index (χ1n) is 8.59. The van der Waals surface area contributed by atoms with E-state index < -0.39 is 29.3 Å². The topological polar surface area (TPSA) is 49.8 Å². The molecule has 1 amide bonds. The molecule has 1 heterocycles. The minimum atomic E-state index is -1.28. The number of carbonyl (C=O) groups excluding carboxylic acids is 1. The van der Waals surface area contributed by atoms with Crippen molar-refractivity contribution in [3.63, 3.8) is 0 Å². The van der Waals surface area contributed by atoms with E-state index in [9.17, 15) is 23.1 Å². The predicted molar refractivity (Wildman–Crippen MR) is 92.7 cm³/mol. The Morgan fingerprint density at radius 3 is 2.41 bits per heavy atom. The summed E-state index contributed by atoms with van der Waals surface area (Å²) in [6, 6.07) is 8.50. The lowest BCUT2D eigenvalue weighted by molar-refractivity contribution is -0.137. The van der Waals surface area contributed by atoms with Crippen molar-refractivity contribution in [1.29, 1.82) is 0 Å². The number of carbonyl (C=O) groups is 1. The number of likely N-dealkylation sites (tertiary alicyclic amines) is 1. The van der Waals surface area contributed by atoms with Crippen LogP contribution in [0.15, 0.2) is 36.4 Å². The number of rotatable bonds is 5. The molecule has 1 aliphatic heterocycles. The Hall–Kier alpha value is -2.54. The summed E-state index contributed by atoms with van der Waals surface area (Å²) in [4.78, 5) is 14.1. The SMILES string of the molecule is COc1ccc(CN2C[C@H](CO)[C@@H](c3cc(F)c(F)cc3F)CC2=O)cc1. The summed E-state index contributed by atoms with van der Waals surface area (Å²) < 4.78 is 46.0. The van der Waals surface area contributed by atoms with Crippen LogP contribution in [0.25, 0.3) is 0 Å². The molecule has 0 radical (unpaired) electrons. The molecule has 144 valence electrons. The van der Waals surface area contributed by atoms with Crippen molar-refractivity contribution in [3.05, 3.63) is 65.0 Å². The van der Waals surface area contributed by atoms with E-state index >= 15 is 0 Å². The summed E-state index contributed by atoms with van der Waals surface area (Å²) in [6.07, 6.45) is -0.0800. The van der Waals surface area contributed by atoms with Gasteiger partial charge in [-0.25, -0.2) is 13.2 Å². The van der Waals surface area contributed by atoms with Crippen LogP contribution in [-0.2, 0) is 11.3 Å². The molecule has 3 rings (SSSR count). The van der Waals surface area contributed by atoms with Crippen molar-refractivity contribution in [1.82, 2.24) is 4.90 Å². The smallest absolute Gasteiger partial charge is 0.223 e. The lowest BCUT2D eigenvalue weighted by Gasteiger charge is -2.38. The predicted octanol–water partition coefficient (Wildman–Crippen LogP) is 3.24. The molecule has 27 heavy (non-hydrogen) atoms. The number of amides is 1. The molecule has 1 aliphatic rings. The summed E-state index contributed by atoms with van der Waals surface area (Å²) in [5.41, 5.74) is 0.809. The van der Waals surface area contributed by atoms with E-state index in [0.717, 1.165) is 11.6 Å². The van der Waals surface area contributed by atoms with Gasteiger partial charge < -0.3 is 14.7 Å². The number of piperidine rings is 1. The average molecular weight is 379 g/mol. The van der Waals surface area contributed by atoms with Gasteiger partial charge in [-0.1, -0.05) is 12.1 Å². The fourth-order valence-electron chi connectivity index (χ4n) is 3.47. The van der Waals surface area contributed by atoms with Crippen molar-refractivity contribution in [2.24, 2.45) is 5.92 Å². The number of hydrogen-bond donors (Lipinski definition) is 1. The van der Waals surface area contributed by atoms with Gasteiger partial charge in [-0.15, -0.1) is 0 Å². The van der Waals surface area contributed by atoms with Crippen LogP contribution < -0.4 is 4.74 Å². The van der Waals surface area contributed by atoms with E-state index in [0.29, 0.717) is 18.4 Å². The Morgan fingerprint density at radius 1 is 1.11 bits per heavy atom. The van der Waals surface area contributed by atoms with Crippen LogP contribution >= 0.6 is 0 Å². The van der Waals surface area contributed by atoms with Crippen LogP contribution in [-0.4, -0.2) is 36.2 Å². The normalized spacial score (nSPS) is 20.0. The third kappa shape index (κ3) is 4.08. The van der Waals surface area contributed by atoms with Gasteiger partial charge in [-0.05, 0) is 29.3 Å². The molecule has 1 saturated heterocycles. The Morgan fingerprint density at radius 2 is 1.78 bits per heavy atom. The first-order valence-corrected chi connectivity index (χ1v) is 8.59. The Balaban J connectivity index is 1.79. The summed E-state index contributed by atoms with van der Waals surface area (Å²) >= 11 is 0. The Labute approximate surface area is 155 Å². The van der Waals surface area contributed by atoms with Crippen LogP contribution in [0.1, 0.15) is 23.5 Å².